The number of aromatic nitrogens is 2. The first-order chi connectivity index (χ1) is 9.29. The number of amides is 1. The quantitative estimate of drug-likeness (QED) is 0.843. The molecule has 19 heavy (non-hydrogen) atoms. The molecule has 98 valence electrons. The summed E-state index contributed by atoms with van der Waals surface area (Å²) in [5.74, 6) is 0. The van der Waals surface area contributed by atoms with Crippen molar-refractivity contribution in [2.24, 2.45) is 0 Å². The highest BCUT2D eigenvalue weighted by Gasteiger charge is 2.15. The van der Waals surface area contributed by atoms with E-state index in [4.69, 9.17) is 4.74 Å². The summed E-state index contributed by atoms with van der Waals surface area (Å²) in [6.45, 7) is 0.786. The molecule has 2 aromatic heterocycles. The molecule has 0 aliphatic carbocycles. The summed E-state index contributed by atoms with van der Waals surface area (Å²) in [5, 5.41) is 0. The Labute approximate surface area is 111 Å². The maximum atomic E-state index is 11.8. The van der Waals surface area contributed by atoms with Crippen LogP contribution in [0.3, 0.4) is 0 Å². The zero-order valence-electron chi connectivity index (χ0n) is 10.7. The van der Waals surface area contributed by atoms with Gasteiger partial charge in [-0.05, 0) is 24.3 Å². The van der Waals surface area contributed by atoms with Gasteiger partial charge < -0.3 is 4.74 Å². The molecule has 0 fully saturated rings. The highest BCUT2D eigenvalue weighted by Crippen LogP contribution is 2.08. The lowest BCUT2D eigenvalue weighted by Gasteiger charge is -2.20. The van der Waals surface area contributed by atoms with E-state index in [9.17, 15) is 4.79 Å². The average molecular weight is 257 g/mol. The molecule has 2 heterocycles. The van der Waals surface area contributed by atoms with Crippen molar-refractivity contribution in [1.29, 1.82) is 0 Å². The Morgan fingerprint density at radius 1 is 1.05 bits per heavy atom. The molecule has 2 aromatic rings. The van der Waals surface area contributed by atoms with Gasteiger partial charge in [-0.1, -0.05) is 12.1 Å². The molecule has 0 radical (unpaired) electrons. The first-order valence-corrected chi connectivity index (χ1v) is 5.92. The summed E-state index contributed by atoms with van der Waals surface area (Å²) in [6, 6.07) is 11.2. The van der Waals surface area contributed by atoms with Gasteiger partial charge in [-0.2, -0.15) is 0 Å². The highest BCUT2D eigenvalue weighted by atomic mass is 16.5. The molecule has 0 spiro atoms. The Morgan fingerprint density at radius 2 is 1.58 bits per heavy atom. The monoisotopic (exact) mass is 257 g/mol. The molecule has 0 saturated carbocycles. The lowest BCUT2D eigenvalue weighted by atomic mass is 10.3. The fourth-order valence-corrected chi connectivity index (χ4v) is 1.69. The van der Waals surface area contributed by atoms with E-state index in [1.165, 1.54) is 7.11 Å². The van der Waals surface area contributed by atoms with Gasteiger partial charge in [0.2, 0.25) is 0 Å². The topological polar surface area (TPSA) is 55.3 Å². The van der Waals surface area contributed by atoms with Crippen LogP contribution in [0.15, 0.2) is 48.8 Å². The fourth-order valence-electron chi connectivity index (χ4n) is 1.69. The zero-order chi connectivity index (χ0) is 13.5. The normalized spacial score (nSPS) is 9.95. The van der Waals surface area contributed by atoms with Crippen molar-refractivity contribution in [3.8, 4) is 0 Å². The van der Waals surface area contributed by atoms with Gasteiger partial charge in [0.15, 0.2) is 0 Å². The van der Waals surface area contributed by atoms with E-state index in [0.717, 1.165) is 11.4 Å². The summed E-state index contributed by atoms with van der Waals surface area (Å²) in [6.07, 6.45) is 3.01. The third-order valence-corrected chi connectivity index (χ3v) is 2.59. The van der Waals surface area contributed by atoms with Crippen molar-refractivity contribution in [2.75, 3.05) is 7.11 Å². The van der Waals surface area contributed by atoms with Crippen LogP contribution >= 0.6 is 0 Å². The molecule has 0 aliphatic rings. The highest BCUT2D eigenvalue weighted by molar-refractivity contribution is 5.67. The Morgan fingerprint density at radius 3 is 1.95 bits per heavy atom. The number of pyridine rings is 2. The second-order valence-corrected chi connectivity index (χ2v) is 3.97. The fraction of sp³-hybridized carbons (Fsp3) is 0.214. The summed E-state index contributed by atoms with van der Waals surface area (Å²) >= 11 is 0. The van der Waals surface area contributed by atoms with Gasteiger partial charge in [-0.25, -0.2) is 4.79 Å². The van der Waals surface area contributed by atoms with E-state index in [0.29, 0.717) is 13.1 Å². The predicted octanol–water partition coefficient (Wildman–Crippen LogP) is 2.25. The Balaban J connectivity index is 2.10. The maximum Gasteiger partial charge on any atom is 0.410 e. The molecule has 0 aromatic carbocycles. The number of nitrogens with zero attached hydrogens (tertiary/aromatic N) is 3. The number of ether oxygens (including phenoxy) is 1. The van der Waals surface area contributed by atoms with Gasteiger partial charge in [-0.3, -0.25) is 14.9 Å². The summed E-state index contributed by atoms with van der Waals surface area (Å²) < 4.78 is 4.79. The second-order valence-electron chi connectivity index (χ2n) is 3.97. The minimum absolute atomic E-state index is 0.392. The van der Waals surface area contributed by atoms with Crippen molar-refractivity contribution in [3.05, 3.63) is 60.2 Å². The molecule has 0 N–H and O–H groups in total. The first-order valence-electron chi connectivity index (χ1n) is 5.92. The Kier molecular flexibility index (Phi) is 4.44. The minimum Gasteiger partial charge on any atom is -0.453 e. The molecular weight excluding hydrogens is 242 g/mol. The average Bonchev–Trinajstić information content (AvgIpc) is 2.48. The van der Waals surface area contributed by atoms with Crippen LogP contribution in [-0.2, 0) is 17.8 Å². The molecule has 0 atom stereocenters. The van der Waals surface area contributed by atoms with Crippen LogP contribution in [-0.4, -0.2) is 28.1 Å². The zero-order valence-corrected chi connectivity index (χ0v) is 10.7. The molecule has 0 aliphatic heterocycles. The number of hydrogen-bond acceptors (Lipinski definition) is 4. The molecular formula is C14H15N3O2. The molecule has 5 heteroatoms. The maximum absolute atomic E-state index is 11.8. The number of carbonyl (C=O) groups is 1. The predicted molar refractivity (Wildman–Crippen MR) is 70.1 cm³/mol. The van der Waals surface area contributed by atoms with E-state index >= 15 is 0 Å². The summed E-state index contributed by atoms with van der Waals surface area (Å²) in [7, 11) is 1.37. The second kappa shape index (κ2) is 6.49. The van der Waals surface area contributed by atoms with Crippen molar-refractivity contribution >= 4 is 6.09 Å². The van der Waals surface area contributed by atoms with E-state index in [1.54, 1.807) is 17.3 Å². The van der Waals surface area contributed by atoms with Gasteiger partial charge in [0.1, 0.15) is 0 Å². The van der Waals surface area contributed by atoms with Crippen molar-refractivity contribution < 1.29 is 9.53 Å². The molecule has 0 bridgehead atoms. The number of hydrogen-bond donors (Lipinski definition) is 0. The third-order valence-electron chi connectivity index (χ3n) is 2.59. The van der Waals surface area contributed by atoms with Crippen LogP contribution in [0.2, 0.25) is 0 Å². The third kappa shape index (κ3) is 3.77. The lowest BCUT2D eigenvalue weighted by Crippen LogP contribution is -2.30. The Bertz CT molecular complexity index is 475. The molecule has 2 rings (SSSR count). The van der Waals surface area contributed by atoms with E-state index < -0.39 is 6.09 Å². The standard InChI is InChI=1S/C14H15N3O2/c1-19-14(18)17(10-12-6-2-4-8-15-12)11-13-7-3-5-9-16-13/h2-9H,10-11H2,1H3. The lowest BCUT2D eigenvalue weighted by molar-refractivity contribution is 0.117. The summed E-state index contributed by atoms with van der Waals surface area (Å²) in [4.78, 5) is 21.7. The van der Waals surface area contributed by atoms with E-state index in [-0.39, 0.29) is 0 Å². The van der Waals surface area contributed by atoms with Crippen molar-refractivity contribution in [2.45, 2.75) is 13.1 Å². The first kappa shape index (κ1) is 13.0. The van der Waals surface area contributed by atoms with E-state index in [1.807, 2.05) is 36.4 Å². The minimum atomic E-state index is -0.392. The molecule has 0 saturated heterocycles. The summed E-state index contributed by atoms with van der Waals surface area (Å²) in [5.41, 5.74) is 1.62. The van der Waals surface area contributed by atoms with Gasteiger partial charge in [-0.15, -0.1) is 0 Å². The Hall–Kier alpha value is -2.43. The smallest absolute Gasteiger partial charge is 0.410 e. The van der Waals surface area contributed by atoms with Crippen LogP contribution in [0, 0.1) is 0 Å². The van der Waals surface area contributed by atoms with Crippen LogP contribution in [0.5, 0.6) is 0 Å². The van der Waals surface area contributed by atoms with Crippen LogP contribution < -0.4 is 0 Å². The van der Waals surface area contributed by atoms with Crippen LogP contribution in [0.1, 0.15) is 11.4 Å². The van der Waals surface area contributed by atoms with Gasteiger partial charge in [0.25, 0.3) is 0 Å². The van der Waals surface area contributed by atoms with E-state index in [2.05, 4.69) is 9.97 Å². The molecule has 0 unspecified atom stereocenters. The van der Waals surface area contributed by atoms with Gasteiger partial charge in [0.05, 0.1) is 31.6 Å². The molecule has 5 nitrogen and oxygen atoms in total. The van der Waals surface area contributed by atoms with Crippen LogP contribution in [0.25, 0.3) is 0 Å². The number of carbonyl (C=O) groups excluding carboxylic acids is 1. The van der Waals surface area contributed by atoms with Crippen LogP contribution in [0.4, 0.5) is 4.79 Å². The van der Waals surface area contributed by atoms with Crippen molar-refractivity contribution in [1.82, 2.24) is 14.9 Å². The van der Waals surface area contributed by atoms with Gasteiger partial charge >= 0.3 is 6.09 Å². The molecule has 1 amide bonds. The largest absolute Gasteiger partial charge is 0.453 e. The SMILES string of the molecule is COC(=O)N(Cc1ccccn1)Cc1ccccn1. The van der Waals surface area contributed by atoms with Crippen molar-refractivity contribution in [3.63, 3.8) is 0 Å². The van der Waals surface area contributed by atoms with Gasteiger partial charge in [0, 0.05) is 12.4 Å². The number of rotatable bonds is 4. The number of methoxy groups -OCH3 is 1.